The highest BCUT2D eigenvalue weighted by Gasteiger charge is 2.10. The fourth-order valence-electron chi connectivity index (χ4n) is 1.95. The zero-order valence-electron chi connectivity index (χ0n) is 13.4. The molecule has 7 nitrogen and oxygen atoms in total. The van der Waals surface area contributed by atoms with Gasteiger partial charge < -0.3 is 20.1 Å². The van der Waals surface area contributed by atoms with Crippen LogP contribution >= 0.6 is 0 Å². The average Bonchev–Trinajstić information content (AvgIpc) is 2.54. The van der Waals surface area contributed by atoms with Gasteiger partial charge in [-0.15, -0.1) is 0 Å². The Morgan fingerprint density at radius 1 is 1.22 bits per heavy atom. The van der Waals surface area contributed by atoms with Crippen LogP contribution in [0, 0.1) is 6.92 Å². The molecule has 0 saturated carbocycles. The molecule has 2 rings (SSSR count). The van der Waals surface area contributed by atoms with Crippen LogP contribution in [0.5, 0.6) is 5.75 Å². The molecule has 0 saturated heterocycles. The van der Waals surface area contributed by atoms with E-state index in [1.165, 1.54) is 0 Å². The molecule has 0 bridgehead atoms. The van der Waals surface area contributed by atoms with Crippen molar-refractivity contribution in [3.8, 4) is 5.75 Å². The first kappa shape index (κ1) is 16.7. The third kappa shape index (κ3) is 4.93. The lowest BCUT2D eigenvalue weighted by molar-refractivity contribution is 0.0932. The molecule has 23 heavy (non-hydrogen) atoms. The Morgan fingerprint density at radius 2 is 2.04 bits per heavy atom. The molecule has 0 radical (unpaired) electrons. The van der Waals surface area contributed by atoms with Crippen molar-refractivity contribution in [2.75, 3.05) is 32.7 Å². The largest absolute Gasteiger partial charge is 0.497 e. The molecular weight excluding hydrogens is 296 g/mol. The first-order valence-electron chi connectivity index (χ1n) is 7.16. The molecule has 1 amide bonds. The summed E-state index contributed by atoms with van der Waals surface area (Å²) < 4.78 is 10.1. The van der Waals surface area contributed by atoms with Crippen molar-refractivity contribution in [1.29, 1.82) is 0 Å². The maximum atomic E-state index is 12.1. The number of rotatable bonds is 7. The van der Waals surface area contributed by atoms with Crippen LogP contribution in [0.15, 0.2) is 30.3 Å². The number of ether oxygens (including phenoxy) is 2. The number of hydrogen-bond donors (Lipinski definition) is 2. The van der Waals surface area contributed by atoms with Crippen molar-refractivity contribution in [2.24, 2.45) is 0 Å². The lowest BCUT2D eigenvalue weighted by atomic mass is 10.3. The van der Waals surface area contributed by atoms with Crippen LogP contribution in [0.3, 0.4) is 0 Å². The molecule has 1 aromatic carbocycles. The van der Waals surface area contributed by atoms with E-state index in [0.29, 0.717) is 30.5 Å². The lowest BCUT2D eigenvalue weighted by Crippen LogP contribution is -2.28. The van der Waals surface area contributed by atoms with E-state index in [2.05, 4.69) is 20.6 Å². The Balaban J connectivity index is 2.14. The van der Waals surface area contributed by atoms with Gasteiger partial charge >= 0.3 is 0 Å². The summed E-state index contributed by atoms with van der Waals surface area (Å²) in [4.78, 5) is 20.5. The first-order chi connectivity index (χ1) is 11.1. The molecule has 1 heterocycles. The predicted octanol–water partition coefficient (Wildman–Crippen LogP) is 1.91. The molecule has 2 N–H and O–H groups in total. The number of benzene rings is 1. The van der Waals surface area contributed by atoms with E-state index in [-0.39, 0.29) is 5.91 Å². The number of hydrogen-bond acceptors (Lipinski definition) is 6. The number of carbonyl (C=O) groups is 1. The zero-order chi connectivity index (χ0) is 16.7. The Bertz CT molecular complexity index is 676. The quantitative estimate of drug-likeness (QED) is 0.759. The molecular formula is C16H20N4O3. The van der Waals surface area contributed by atoms with Crippen LogP contribution < -0.4 is 15.4 Å². The molecule has 0 aliphatic rings. The Morgan fingerprint density at radius 3 is 2.78 bits per heavy atom. The third-order valence-electron chi connectivity index (χ3n) is 3.00. The number of amides is 1. The average molecular weight is 316 g/mol. The third-order valence-corrected chi connectivity index (χ3v) is 3.00. The highest BCUT2D eigenvalue weighted by atomic mass is 16.5. The van der Waals surface area contributed by atoms with Gasteiger partial charge in [-0.2, -0.15) is 0 Å². The van der Waals surface area contributed by atoms with E-state index in [1.54, 1.807) is 27.2 Å². The Hall–Kier alpha value is -2.67. The number of aromatic nitrogens is 2. The van der Waals surface area contributed by atoms with Gasteiger partial charge in [-0.25, -0.2) is 9.97 Å². The van der Waals surface area contributed by atoms with Gasteiger partial charge in [0, 0.05) is 31.5 Å². The molecule has 122 valence electrons. The van der Waals surface area contributed by atoms with Crippen molar-refractivity contribution in [2.45, 2.75) is 6.92 Å². The van der Waals surface area contributed by atoms with Gasteiger partial charge in [0.05, 0.1) is 13.7 Å². The van der Waals surface area contributed by atoms with Gasteiger partial charge in [0.2, 0.25) is 0 Å². The van der Waals surface area contributed by atoms with E-state index in [0.717, 1.165) is 11.4 Å². The van der Waals surface area contributed by atoms with Gasteiger partial charge in [0.25, 0.3) is 5.91 Å². The van der Waals surface area contributed by atoms with Crippen molar-refractivity contribution >= 4 is 17.4 Å². The van der Waals surface area contributed by atoms with Crippen molar-refractivity contribution in [1.82, 2.24) is 15.3 Å². The number of anilines is 2. The molecule has 7 heteroatoms. The second-order valence-corrected chi connectivity index (χ2v) is 4.79. The summed E-state index contributed by atoms with van der Waals surface area (Å²) in [5.41, 5.74) is 1.12. The molecule has 0 aliphatic carbocycles. The van der Waals surface area contributed by atoms with Crippen LogP contribution in [-0.2, 0) is 4.74 Å². The fraction of sp³-hybridized carbons (Fsp3) is 0.312. The van der Waals surface area contributed by atoms with Crippen LogP contribution in [0.4, 0.5) is 11.5 Å². The van der Waals surface area contributed by atoms with E-state index in [4.69, 9.17) is 9.47 Å². The maximum Gasteiger partial charge on any atom is 0.270 e. The summed E-state index contributed by atoms with van der Waals surface area (Å²) in [6.45, 7) is 2.62. The molecule has 0 spiro atoms. The topological polar surface area (TPSA) is 85.4 Å². The Labute approximate surface area is 135 Å². The Kier molecular flexibility index (Phi) is 5.87. The number of carbonyl (C=O) groups excluding carboxylic acids is 1. The van der Waals surface area contributed by atoms with E-state index < -0.39 is 0 Å². The van der Waals surface area contributed by atoms with Gasteiger partial charge in [-0.1, -0.05) is 6.07 Å². The minimum absolute atomic E-state index is 0.263. The van der Waals surface area contributed by atoms with E-state index in [9.17, 15) is 4.79 Å². The van der Waals surface area contributed by atoms with Gasteiger partial charge in [-0.05, 0) is 19.1 Å². The van der Waals surface area contributed by atoms with Gasteiger partial charge in [-0.3, -0.25) is 4.79 Å². The van der Waals surface area contributed by atoms with Crippen molar-refractivity contribution in [3.05, 3.63) is 41.9 Å². The molecule has 0 atom stereocenters. The smallest absolute Gasteiger partial charge is 0.270 e. The highest BCUT2D eigenvalue weighted by Crippen LogP contribution is 2.20. The summed E-state index contributed by atoms with van der Waals surface area (Å²) in [7, 11) is 3.19. The van der Waals surface area contributed by atoms with Gasteiger partial charge in [0.1, 0.15) is 23.1 Å². The predicted molar refractivity (Wildman–Crippen MR) is 87.3 cm³/mol. The molecule has 0 aliphatic heterocycles. The van der Waals surface area contributed by atoms with Crippen LogP contribution in [0.2, 0.25) is 0 Å². The van der Waals surface area contributed by atoms with Crippen LogP contribution in [-0.4, -0.2) is 43.2 Å². The number of aryl methyl sites for hydroxylation is 1. The summed E-state index contributed by atoms with van der Waals surface area (Å²) in [6.07, 6.45) is 0. The SMILES string of the molecule is COCCNC(=O)c1cc(Nc2cccc(OC)c2)nc(C)n1. The maximum absolute atomic E-state index is 12.1. The molecule has 2 aromatic rings. The fourth-order valence-corrected chi connectivity index (χ4v) is 1.95. The van der Waals surface area contributed by atoms with E-state index >= 15 is 0 Å². The highest BCUT2D eigenvalue weighted by molar-refractivity contribution is 5.93. The summed E-state index contributed by atoms with van der Waals surface area (Å²) in [6, 6.07) is 9.06. The monoisotopic (exact) mass is 316 g/mol. The van der Waals surface area contributed by atoms with E-state index in [1.807, 2.05) is 24.3 Å². The summed E-state index contributed by atoms with van der Waals surface area (Å²) >= 11 is 0. The minimum atomic E-state index is -0.263. The van der Waals surface area contributed by atoms with Gasteiger partial charge in [0.15, 0.2) is 0 Å². The first-order valence-corrected chi connectivity index (χ1v) is 7.16. The standard InChI is InChI=1S/C16H20N4O3/c1-11-18-14(16(21)17-7-8-22-2)10-15(19-11)20-12-5-4-6-13(9-12)23-3/h4-6,9-10H,7-8H2,1-3H3,(H,17,21)(H,18,19,20). The number of nitrogens with zero attached hydrogens (tertiary/aromatic N) is 2. The molecule has 0 fully saturated rings. The van der Waals surface area contributed by atoms with Crippen molar-refractivity contribution in [3.63, 3.8) is 0 Å². The lowest BCUT2D eigenvalue weighted by Gasteiger charge is -2.10. The summed E-state index contributed by atoms with van der Waals surface area (Å²) in [5, 5.41) is 5.88. The van der Waals surface area contributed by atoms with Crippen molar-refractivity contribution < 1.29 is 14.3 Å². The number of methoxy groups -OCH3 is 2. The minimum Gasteiger partial charge on any atom is -0.497 e. The molecule has 0 unspecified atom stereocenters. The van der Waals surface area contributed by atoms with Crippen LogP contribution in [0.25, 0.3) is 0 Å². The van der Waals surface area contributed by atoms with Crippen LogP contribution in [0.1, 0.15) is 16.3 Å². The second-order valence-electron chi connectivity index (χ2n) is 4.79. The second kappa shape index (κ2) is 8.09. The normalized spacial score (nSPS) is 10.2. The number of nitrogens with one attached hydrogen (secondary N) is 2. The zero-order valence-corrected chi connectivity index (χ0v) is 13.4. The summed E-state index contributed by atoms with van der Waals surface area (Å²) in [5.74, 6) is 1.52. The molecule has 1 aromatic heterocycles.